The van der Waals surface area contributed by atoms with Crippen molar-refractivity contribution in [2.45, 2.75) is 18.0 Å². The lowest BCUT2D eigenvalue weighted by Gasteiger charge is -2.09. The molecule has 0 bridgehead atoms. The van der Waals surface area contributed by atoms with Gasteiger partial charge in [-0.1, -0.05) is 42.1 Å². The summed E-state index contributed by atoms with van der Waals surface area (Å²) >= 11 is 1.06. The van der Waals surface area contributed by atoms with E-state index in [4.69, 9.17) is 4.42 Å². The molecule has 146 valence electrons. The molecule has 0 saturated heterocycles. The van der Waals surface area contributed by atoms with Crippen LogP contribution >= 0.6 is 11.8 Å². The molecule has 3 aromatic rings. The van der Waals surface area contributed by atoms with Gasteiger partial charge in [-0.05, 0) is 29.8 Å². The average molecular weight is 409 g/mol. The number of rotatable bonds is 7. The first-order chi connectivity index (χ1) is 13.4. The van der Waals surface area contributed by atoms with Crippen molar-refractivity contribution in [2.75, 3.05) is 11.1 Å². The number of alkyl halides is 3. The van der Waals surface area contributed by atoms with Gasteiger partial charge in [0, 0.05) is 5.69 Å². The topological polar surface area (TPSA) is 77.2 Å². The summed E-state index contributed by atoms with van der Waals surface area (Å²) in [6.45, 7) is 0. The third-order valence-electron chi connectivity index (χ3n) is 3.34. The lowest BCUT2D eigenvalue weighted by molar-refractivity contribution is -0.274. The Bertz CT molecular complexity index is 915. The molecule has 0 atom stereocenters. The van der Waals surface area contributed by atoms with E-state index < -0.39 is 6.36 Å². The molecule has 0 aliphatic heterocycles. The Morgan fingerprint density at radius 3 is 2.46 bits per heavy atom. The second-order valence-corrected chi connectivity index (χ2v) is 6.46. The summed E-state index contributed by atoms with van der Waals surface area (Å²) in [6.07, 6.45) is -4.27. The number of carbonyl (C=O) groups excluding carboxylic acids is 1. The molecule has 1 aromatic heterocycles. The van der Waals surface area contributed by atoms with Crippen LogP contribution in [0.2, 0.25) is 0 Å². The minimum absolute atomic E-state index is 0.00771. The fourth-order valence-corrected chi connectivity index (χ4v) is 2.78. The summed E-state index contributed by atoms with van der Waals surface area (Å²) in [4.78, 5) is 12.0. The van der Waals surface area contributed by atoms with Gasteiger partial charge in [0.05, 0.1) is 12.2 Å². The Balaban J connectivity index is 1.47. The highest BCUT2D eigenvalue weighted by molar-refractivity contribution is 7.99. The smallest absolute Gasteiger partial charge is 0.416 e. The second kappa shape index (κ2) is 8.79. The predicted molar refractivity (Wildman–Crippen MR) is 96.0 cm³/mol. The van der Waals surface area contributed by atoms with Gasteiger partial charge in [-0.25, -0.2) is 0 Å². The first-order valence-corrected chi connectivity index (χ1v) is 9.01. The summed E-state index contributed by atoms with van der Waals surface area (Å²) < 4.78 is 45.6. The minimum Gasteiger partial charge on any atom is -0.416 e. The van der Waals surface area contributed by atoms with Crippen LogP contribution in [0.1, 0.15) is 11.5 Å². The maximum atomic E-state index is 12.1. The summed E-state index contributed by atoms with van der Waals surface area (Å²) in [5, 5.41) is 10.6. The maximum Gasteiger partial charge on any atom is 0.573 e. The molecule has 0 saturated carbocycles. The van der Waals surface area contributed by atoms with Crippen LogP contribution in [0.25, 0.3) is 0 Å². The fraction of sp³-hybridized carbons (Fsp3) is 0.167. The number of nitrogens with zero attached hydrogens (tertiary/aromatic N) is 2. The van der Waals surface area contributed by atoms with Crippen molar-refractivity contribution < 1.29 is 27.1 Å². The highest BCUT2D eigenvalue weighted by Gasteiger charge is 2.30. The number of anilines is 1. The van der Waals surface area contributed by atoms with Gasteiger partial charge < -0.3 is 14.5 Å². The molecule has 1 N–H and O–H groups in total. The third kappa shape index (κ3) is 6.31. The number of carbonyl (C=O) groups is 1. The number of ether oxygens (including phenoxy) is 1. The molecule has 0 radical (unpaired) electrons. The molecule has 2 aromatic carbocycles. The molecule has 0 unspecified atom stereocenters. The zero-order valence-electron chi connectivity index (χ0n) is 14.3. The van der Waals surface area contributed by atoms with Gasteiger partial charge in [0.1, 0.15) is 5.75 Å². The molecule has 6 nitrogen and oxygen atoms in total. The zero-order valence-corrected chi connectivity index (χ0v) is 15.1. The number of benzene rings is 2. The Kier molecular flexibility index (Phi) is 6.19. The van der Waals surface area contributed by atoms with E-state index in [1.54, 1.807) is 0 Å². The number of halogens is 3. The van der Waals surface area contributed by atoms with Gasteiger partial charge in [-0.2, -0.15) is 0 Å². The van der Waals surface area contributed by atoms with E-state index >= 15 is 0 Å². The Hall–Kier alpha value is -3.01. The molecule has 0 aliphatic rings. The molecule has 0 fully saturated rings. The number of aromatic nitrogens is 2. The Morgan fingerprint density at radius 2 is 1.79 bits per heavy atom. The number of hydrogen-bond acceptors (Lipinski definition) is 6. The van der Waals surface area contributed by atoms with E-state index in [1.165, 1.54) is 12.1 Å². The Morgan fingerprint density at radius 1 is 1.07 bits per heavy atom. The first-order valence-electron chi connectivity index (χ1n) is 8.02. The van der Waals surface area contributed by atoms with Crippen LogP contribution in [0.3, 0.4) is 0 Å². The highest BCUT2D eigenvalue weighted by atomic mass is 32.2. The van der Waals surface area contributed by atoms with Gasteiger partial charge in [0.15, 0.2) is 0 Å². The quantitative estimate of drug-likeness (QED) is 0.587. The number of nitrogens with one attached hydrogen (secondary N) is 1. The van der Waals surface area contributed by atoms with Gasteiger partial charge in [-0.15, -0.1) is 23.4 Å². The lowest BCUT2D eigenvalue weighted by atomic mass is 10.2. The number of hydrogen-bond donors (Lipinski definition) is 1. The SMILES string of the molecule is O=C(CSc1nnc(Cc2ccccc2)o1)Nc1ccc(OC(F)(F)F)cc1. The van der Waals surface area contributed by atoms with Gasteiger partial charge in [0.25, 0.3) is 5.22 Å². The van der Waals surface area contributed by atoms with Gasteiger partial charge >= 0.3 is 6.36 Å². The van der Waals surface area contributed by atoms with E-state index in [9.17, 15) is 18.0 Å². The van der Waals surface area contributed by atoms with Crippen LogP contribution in [0.5, 0.6) is 5.75 Å². The number of thioether (sulfide) groups is 1. The van der Waals surface area contributed by atoms with Crippen molar-refractivity contribution >= 4 is 23.4 Å². The van der Waals surface area contributed by atoms with Crippen LogP contribution in [0.15, 0.2) is 64.2 Å². The molecule has 28 heavy (non-hydrogen) atoms. The third-order valence-corrected chi connectivity index (χ3v) is 4.16. The maximum absolute atomic E-state index is 12.1. The first kappa shape index (κ1) is 19.7. The van der Waals surface area contributed by atoms with Crippen molar-refractivity contribution in [1.29, 1.82) is 0 Å². The average Bonchev–Trinajstić information content (AvgIpc) is 3.09. The molecular weight excluding hydrogens is 395 g/mol. The van der Waals surface area contributed by atoms with Gasteiger partial charge in [-0.3, -0.25) is 4.79 Å². The van der Waals surface area contributed by atoms with Crippen LogP contribution in [-0.4, -0.2) is 28.2 Å². The van der Waals surface area contributed by atoms with Crippen LogP contribution < -0.4 is 10.1 Å². The van der Waals surface area contributed by atoms with Crippen LogP contribution in [0.4, 0.5) is 18.9 Å². The van der Waals surface area contributed by atoms with Crippen LogP contribution in [-0.2, 0) is 11.2 Å². The highest BCUT2D eigenvalue weighted by Crippen LogP contribution is 2.24. The van der Waals surface area contributed by atoms with E-state index in [1.807, 2.05) is 30.3 Å². The largest absolute Gasteiger partial charge is 0.573 e. The standard InChI is InChI=1S/C18H14F3N3O3S/c19-18(20,21)27-14-8-6-13(7-9-14)22-15(25)11-28-17-24-23-16(26-17)10-12-4-2-1-3-5-12/h1-9H,10-11H2,(H,22,25). The van der Waals surface area contributed by atoms with Crippen molar-refractivity contribution in [3.05, 3.63) is 66.1 Å². The van der Waals surface area contributed by atoms with Crippen molar-refractivity contribution in [3.63, 3.8) is 0 Å². The van der Waals surface area contributed by atoms with Crippen molar-refractivity contribution in [2.24, 2.45) is 0 Å². The van der Waals surface area contributed by atoms with E-state index in [0.717, 1.165) is 29.5 Å². The lowest BCUT2D eigenvalue weighted by Crippen LogP contribution is -2.17. The second-order valence-electron chi connectivity index (χ2n) is 5.53. The summed E-state index contributed by atoms with van der Waals surface area (Å²) in [7, 11) is 0. The molecule has 1 heterocycles. The fourth-order valence-electron chi connectivity index (χ4n) is 2.20. The van der Waals surface area contributed by atoms with E-state index in [2.05, 4.69) is 20.3 Å². The van der Waals surface area contributed by atoms with Crippen LogP contribution in [0, 0.1) is 0 Å². The molecule has 0 aliphatic carbocycles. The normalized spacial score (nSPS) is 11.2. The van der Waals surface area contributed by atoms with E-state index in [0.29, 0.717) is 18.0 Å². The summed E-state index contributed by atoms with van der Waals surface area (Å²) in [5.74, 6) is -0.281. The van der Waals surface area contributed by atoms with Crippen molar-refractivity contribution in [3.8, 4) is 5.75 Å². The zero-order chi connectivity index (χ0) is 20.0. The minimum atomic E-state index is -4.76. The van der Waals surface area contributed by atoms with Crippen molar-refractivity contribution in [1.82, 2.24) is 10.2 Å². The Labute approximate surface area is 162 Å². The molecule has 0 spiro atoms. The van der Waals surface area contributed by atoms with Gasteiger partial charge in [0.2, 0.25) is 11.8 Å². The summed E-state index contributed by atoms with van der Waals surface area (Å²) in [6, 6.07) is 14.5. The molecule has 10 heteroatoms. The monoisotopic (exact) mass is 409 g/mol. The van der Waals surface area contributed by atoms with E-state index in [-0.39, 0.29) is 22.6 Å². The molecule has 3 rings (SSSR count). The number of amides is 1. The molecule has 1 amide bonds. The molecular formula is C18H14F3N3O3S. The summed E-state index contributed by atoms with van der Waals surface area (Å²) in [5.41, 5.74) is 1.37. The predicted octanol–water partition coefficient (Wildman–Crippen LogP) is 4.29.